The van der Waals surface area contributed by atoms with Gasteiger partial charge in [0, 0.05) is 12.8 Å². The lowest BCUT2D eigenvalue weighted by Gasteiger charge is -2.03. The predicted molar refractivity (Wildman–Crippen MR) is 122 cm³/mol. The number of thiophene rings is 2. The minimum atomic E-state index is -0.147. The van der Waals surface area contributed by atoms with Crippen LogP contribution in [0.2, 0.25) is 8.67 Å². The molecule has 0 radical (unpaired) electrons. The summed E-state index contributed by atoms with van der Waals surface area (Å²) in [6.07, 6.45) is 2.87. The molecule has 0 spiro atoms. The fraction of sp³-hybridized carbons (Fsp3) is 0.368. The highest BCUT2D eigenvalue weighted by atomic mass is 35.5. The van der Waals surface area contributed by atoms with Crippen LogP contribution in [0.25, 0.3) is 0 Å². The lowest BCUT2D eigenvalue weighted by molar-refractivity contribution is -0.121. The highest BCUT2D eigenvalue weighted by Gasteiger charge is 2.06. The number of hydrogen-bond donors (Lipinski definition) is 2. The second-order valence-corrected chi connectivity index (χ2v) is 9.66. The zero-order valence-electron chi connectivity index (χ0n) is 16.1. The smallest absolute Gasteiger partial charge is 0.240 e. The molecule has 2 heterocycles. The molecule has 0 saturated heterocycles. The van der Waals surface area contributed by atoms with Gasteiger partial charge in [-0.3, -0.25) is 9.59 Å². The van der Waals surface area contributed by atoms with E-state index in [-0.39, 0.29) is 11.8 Å². The summed E-state index contributed by atoms with van der Waals surface area (Å²) in [7, 11) is 0. The van der Waals surface area contributed by atoms with E-state index in [9.17, 15) is 9.59 Å². The predicted octanol–water partition coefficient (Wildman–Crippen LogP) is 5.45. The molecule has 0 aliphatic carbocycles. The average molecular weight is 473 g/mol. The second-order valence-electron chi connectivity index (χ2n) is 6.23. The van der Waals surface area contributed by atoms with Crippen LogP contribution in [0.15, 0.2) is 34.5 Å². The third-order valence-corrected chi connectivity index (χ3v) is 6.54. The SMILES string of the molecule is C/C(=N\NC(=O)CCCCCC(=O)N/N=C(\C)c1ccc(Cl)s1)c1ccc(Cl)s1. The summed E-state index contributed by atoms with van der Waals surface area (Å²) in [6, 6.07) is 7.32. The number of hydrogen-bond acceptors (Lipinski definition) is 6. The Hall–Kier alpha value is -1.74. The number of halogens is 2. The summed E-state index contributed by atoms with van der Waals surface area (Å²) in [4.78, 5) is 25.5. The number of nitrogens with one attached hydrogen (secondary N) is 2. The lowest BCUT2D eigenvalue weighted by atomic mass is 10.1. The van der Waals surface area contributed by atoms with Gasteiger partial charge in [0.2, 0.25) is 11.8 Å². The minimum Gasteiger partial charge on any atom is -0.273 e. The molecular weight excluding hydrogens is 451 g/mol. The second kappa shape index (κ2) is 12.1. The van der Waals surface area contributed by atoms with Crippen molar-refractivity contribution in [1.29, 1.82) is 0 Å². The Labute approximate surface area is 188 Å². The van der Waals surface area contributed by atoms with Gasteiger partial charge < -0.3 is 0 Å². The molecule has 0 aliphatic rings. The van der Waals surface area contributed by atoms with Gasteiger partial charge in [-0.15, -0.1) is 22.7 Å². The highest BCUT2D eigenvalue weighted by Crippen LogP contribution is 2.22. The van der Waals surface area contributed by atoms with Crippen molar-refractivity contribution in [2.75, 3.05) is 0 Å². The zero-order valence-corrected chi connectivity index (χ0v) is 19.3. The summed E-state index contributed by atoms with van der Waals surface area (Å²) in [5, 5.41) is 8.17. The minimum absolute atomic E-state index is 0.147. The van der Waals surface area contributed by atoms with E-state index in [1.807, 2.05) is 26.0 Å². The van der Waals surface area contributed by atoms with E-state index in [2.05, 4.69) is 21.1 Å². The van der Waals surface area contributed by atoms with Gasteiger partial charge in [-0.2, -0.15) is 10.2 Å². The first-order valence-electron chi connectivity index (χ1n) is 9.03. The Kier molecular flexibility index (Phi) is 9.80. The first-order valence-corrected chi connectivity index (χ1v) is 11.4. The van der Waals surface area contributed by atoms with Gasteiger partial charge in [0.1, 0.15) is 0 Å². The van der Waals surface area contributed by atoms with Gasteiger partial charge in [0.25, 0.3) is 0 Å². The summed E-state index contributed by atoms with van der Waals surface area (Å²) in [6.45, 7) is 3.64. The highest BCUT2D eigenvalue weighted by molar-refractivity contribution is 7.18. The molecule has 2 aromatic rings. The Morgan fingerprint density at radius 1 is 0.793 bits per heavy atom. The van der Waals surface area contributed by atoms with Crippen LogP contribution in [0, 0.1) is 0 Å². The van der Waals surface area contributed by atoms with Crippen LogP contribution in [0.5, 0.6) is 0 Å². The van der Waals surface area contributed by atoms with Crippen LogP contribution in [0.1, 0.15) is 55.7 Å². The number of hydrazone groups is 2. The molecule has 2 rings (SSSR count). The molecule has 29 heavy (non-hydrogen) atoms. The van der Waals surface area contributed by atoms with Gasteiger partial charge >= 0.3 is 0 Å². The standard InChI is InChI=1S/C19H22Cl2N4O2S2/c1-12(14-8-10-16(20)28-14)22-24-18(26)6-4-3-5-7-19(27)25-23-13(2)15-9-11-17(21)29-15/h8-11H,3-7H2,1-2H3,(H,24,26)(H,25,27)/b22-12+,23-13+. The van der Waals surface area contributed by atoms with Gasteiger partial charge in [-0.05, 0) is 51.0 Å². The normalized spacial score (nSPS) is 12.1. The van der Waals surface area contributed by atoms with Gasteiger partial charge in [-0.1, -0.05) is 29.6 Å². The molecule has 0 bridgehead atoms. The van der Waals surface area contributed by atoms with Crippen LogP contribution >= 0.6 is 45.9 Å². The van der Waals surface area contributed by atoms with Gasteiger partial charge in [-0.25, -0.2) is 10.9 Å². The molecule has 0 fully saturated rings. The summed E-state index contributed by atoms with van der Waals surface area (Å²) in [5.74, 6) is -0.294. The van der Waals surface area contributed by atoms with Crippen molar-refractivity contribution in [3.63, 3.8) is 0 Å². The maximum atomic E-state index is 11.8. The molecule has 0 saturated carbocycles. The van der Waals surface area contributed by atoms with E-state index in [1.54, 1.807) is 12.1 Å². The van der Waals surface area contributed by atoms with E-state index in [1.165, 1.54) is 22.7 Å². The van der Waals surface area contributed by atoms with Crippen molar-refractivity contribution in [2.45, 2.75) is 46.0 Å². The summed E-state index contributed by atoms with van der Waals surface area (Å²) in [5.41, 5.74) is 6.52. The number of carbonyl (C=O) groups excluding carboxylic acids is 2. The molecule has 2 amide bonds. The number of unbranched alkanes of at least 4 members (excludes halogenated alkanes) is 2. The van der Waals surface area contributed by atoms with Gasteiger partial charge in [0.15, 0.2) is 0 Å². The molecule has 0 aliphatic heterocycles. The Morgan fingerprint density at radius 3 is 1.55 bits per heavy atom. The lowest BCUT2D eigenvalue weighted by Crippen LogP contribution is -2.19. The van der Waals surface area contributed by atoms with Crippen LogP contribution < -0.4 is 10.9 Å². The number of nitrogens with zero attached hydrogens (tertiary/aromatic N) is 2. The van der Waals surface area contributed by atoms with E-state index in [4.69, 9.17) is 23.2 Å². The van der Waals surface area contributed by atoms with Crippen LogP contribution in [-0.2, 0) is 9.59 Å². The van der Waals surface area contributed by atoms with Crippen LogP contribution in [-0.4, -0.2) is 23.2 Å². The topological polar surface area (TPSA) is 82.9 Å². The molecule has 6 nitrogen and oxygen atoms in total. The van der Waals surface area contributed by atoms with Crippen molar-refractivity contribution in [3.8, 4) is 0 Å². The first kappa shape index (κ1) is 23.5. The molecule has 156 valence electrons. The third-order valence-electron chi connectivity index (χ3n) is 3.86. The maximum Gasteiger partial charge on any atom is 0.240 e. The molecule has 10 heteroatoms. The van der Waals surface area contributed by atoms with Crippen LogP contribution in [0.4, 0.5) is 0 Å². The van der Waals surface area contributed by atoms with Gasteiger partial charge in [0.05, 0.1) is 29.9 Å². The zero-order chi connectivity index (χ0) is 21.2. The number of amides is 2. The molecule has 0 atom stereocenters. The van der Waals surface area contributed by atoms with Crippen molar-refractivity contribution in [2.24, 2.45) is 10.2 Å². The van der Waals surface area contributed by atoms with Crippen molar-refractivity contribution in [3.05, 3.63) is 42.7 Å². The summed E-state index contributed by atoms with van der Waals surface area (Å²) >= 11 is 14.6. The molecule has 0 unspecified atom stereocenters. The molecular formula is C19H22Cl2N4O2S2. The van der Waals surface area contributed by atoms with Crippen molar-refractivity contribution < 1.29 is 9.59 Å². The molecule has 2 N–H and O–H groups in total. The molecule has 0 aromatic carbocycles. The van der Waals surface area contributed by atoms with Crippen LogP contribution in [0.3, 0.4) is 0 Å². The van der Waals surface area contributed by atoms with E-state index < -0.39 is 0 Å². The fourth-order valence-corrected chi connectivity index (χ4v) is 4.26. The number of carbonyl (C=O) groups is 2. The quantitative estimate of drug-likeness (QED) is 0.273. The van der Waals surface area contributed by atoms with E-state index in [0.717, 1.165) is 16.2 Å². The largest absolute Gasteiger partial charge is 0.273 e. The Bertz CT molecular complexity index is 833. The monoisotopic (exact) mass is 472 g/mol. The van der Waals surface area contributed by atoms with Crippen molar-refractivity contribution in [1.82, 2.24) is 10.9 Å². The first-order chi connectivity index (χ1) is 13.8. The Morgan fingerprint density at radius 2 is 1.21 bits per heavy atom. The average Bonchev–Trinajstić information content (AvgIpc) is 3.32. The van der Waals surface area contributed by atoms with E-state index in [0.29, 0.717) is 45.8 Å². The summed E-state index contributed by atoms with van der Waals surface area (Å²) < 4.78 is 1.36. The van der Waals surface area contributed by atoms with E-state index >= 15 is 0 Å². The van der Waals surface area contributed by atoms with Crippen molar-refractivity contribution >= 4 is 69.1 Å². The third kappa shape index (κ3) is 8.65. The molecule has 2 aromatic heterocycles. The Balaban J connectivity index is 1.59. The maximum absolute atomic E-state index is 11.8. The number of rotatable bonds is 10. The fourth-order valence-electron chi connectivity index (χ4n) is 2.28.